The summed E-state index contributed by atoms with van der Waals surface area (Å²) in [4.78, 5) is 8.90. The second kappa shape index (κ2) is 7.09. The first kappa shape index (κ1) is 16.6. The summed E-state index contributed by atoms with van der Waals surface area (Å²) in [6, 6.07) is 8.07. The molecule has 0 bridgehead atoms. The average molecular weight is 345 g/mol. The Morgan fingerprint density at radius 2 is 2.00 bits per heavy atom. The monoisotopic (exact) mass is 344 g/mol. The number of imidazole rings is 1. The zero-order chi connectivity index (χ0) is 17.1. The highest BCUT2D eigenvalue weighted by Gasteiger charge is 2.12. The second-order valence-electron chi connectivity index (χ2n) is 5.96. The van der Waals surface area contributed by atoms with E-state index in [0.717, 1.165) is 35.9 Å². The minimum absolute atomic E-state index is 0.318. The maximum atomic E-state index is 6.17. The number of halogens is 1. The normalized spacial score (nSPS) is 11.2. The highest BCUT2D eigenvalue weighted by molar-refractivity contribution is 6.29. The number of fused-ring (bicyclic) bond motifs is 1. The second-order valence-corrected chi connectivity index (χ2v) is 6.35. The Bertz CT molecular complexity index is 827. The largest absolute Gasteiger partial charge is 0.497 e. The van der Waals surface area contributed by atoms with E-state index < -0.39 is 0 Å². The predicted octanol–water partition coefficient (Wildman–Crippen LogP) is 4.17. The zero-order valence-corrected chi connectivity index (χ0v) is 14.8. The summed E-state index contributed by atoms with van der Waals surface area (Å²) in [5.41, 5.74) is 2.18. The van der Waals surface area contributed by atoms with Crippen molar-refractivity contribution in [2.45, 2.75) is 26.2 Å². The molecule has 0 saturated heterocycles. The number of benzene rings is 1. The topological polar surface area (TPSA) is 51.5 Å². The van der Waals surface area contributed by atoms with E-state index in [0.29, 0.717) is 11.1 Å². The fraction of sp³-hybridized carbons (Fsp3) is 0.333. The molecule has 0 unspecified atom stereocenters. The molecule has 5 nitrogen and oxygen atoms in total. The average Bonchev–Trinajstić information content (AvgIpc) is 2.99. The van der Waals surface area contributed by atoms with E-state index in [4.69, 9.17) is 16.3 Å². The number of methoxy groups -OCH3 is 1. The molecule has 0 amide bonds. The third kappa shape index (κ3) is 3.46. The van der Waals surface area contributed by atoms with Crippen LogP contribution in [0.15, 0.2) is 36.7 Å². The van der Waals surface area contributed by atoms with Crippen molar-refractivity contribution in [3.63, 3.8) is 0 Å². The van der Waals surface area contributed by atoms with Crippen LogP contribution in [0.1, 0.15) is 31.2 Å². The number of hydrogen-bond acceptors (Lipinski definition) is 4. The van der Waals surface area contributed by atoms with Crippen LogP contribution in [0.2, 0.25) is 5.15 Å². The Morgan fingerprint density at radius 1 is 1.25 bits per heavy atom. The first-order valence-corrected chi connectivity index (χ1v) is 8.36. The van der Waals surface area contributed by atoms with Crippen LogP contribution in [-0.4, -0.2) is 28.0 Å². The quantitative estimate of drug-likeness (QED) is 0.729. The summed E-state index contributed by atoms with van der Waals surface area (Å²) in [6.45, 7) is 4.98. The van der Waals surface area contributed by atoms with Crippen LogP contribution in [0.5, 0.6) is 5.75 Å². The molecule has 0 fully saturated rings. The lowest BCUT2D eigenvalue weighted by Crippen LogP contribution is -2.08. The molecule has 3 aromatic rings. The summed E-state index contributed by atoms with van der Waals surface area (Å²) in [5.74, 6) is 2.92. The zero-order valence-electron chi connectivity index (χ0n) is 14.1. The Labute approximate surface area is 146 Å². The minimum Gasteiger partial charge on any atom is -0.497 e. The summed E-state index contributed by atoms with van der Waals surface area (Å²) < 4.78 is 7.19. The Hall–Kier alpha value is -2.27. The van der Waals surface area contributed by atoms with E-state index in [1.54, 1.807) is 7.11 Å². The van der Waals surface area contributed by atoms with Gasteiger partial charge in [0.25, 0.3) is 0 Å². The van der Waals surface area contributed by atoms with Gasteiger partial charge in [0.2, 0.25) is 0 Å². The fourth-order valence-corrected chi connectivity index (χ4v) is 2.84. The first-order chi connectivity index (χ1) is 11.6. The van der Waals surface area contributed by atoms with Crippen molar-refractivity contribution in [1.29, 1.82) is 0 Å². The fourth-order valence-electron chi connectivity index (χ4n) is 2.66. The molecule has 126 valence electrons. The molecule has 0 spiro atoms. The summed E-state index contributed by atoms with van der Waals surface area (Å²) in [7, 11) is 1.67. The lowest BCUT2D eigenvalue weighted by atomic mass is 10.1. The molecule has 2 heterocycles. The maximum absolute atomic E-state index is 6.17. The molecule has 1 N–H and O–H groups in total. The number of anilines is 1. The van der Waals surface area contributed by atoms with E-state index in [2.05, 4.69) is 41.3 Å². The van der Waals surface area contributed by atoms with Gasteiger partial charge in [-0.25, -0.2) is 9.97 Å². The van der Waals surface area contributed by atoms with Crippen LogP contribution >= 0.6 is 11.6 Å². The number of nitrogens with zero attached hydrogens (tertiary/aromatic N) is 3. The molecule has 0 aliphatic carbocycles. The van der Waals surface area contributed by atoms with Gasteiger partial charge in [0.15, 0.2) is 5.82 Å². The van der Waals surface area contributed by atoms with Crippen LogP contribution in [0.3, 0.4) is 0 Å². The van der Waals surface area contributed by atoms with Crippen molar-refractivity contribution >= 4 is 22.9 Å². The van der Waals surface area contributed by atoms with Crippen molar-refractivity contribution in [3.8, 4) is 5.75 Å². The van der Waals surface area contributed by atoms with Crippen molar-refractivity contribution in [2.75, 3.05) is 19.0 Å². The maximum Gasteiger partial charge on any atom is 0.153 e. The van der Waals surface area contributed by atoms with Crippen LogP contribution in [-0.2, 0) is 6.42 Å². The van der Waals surface area contributed by atoms with E-state index in [-0.39, 0.29) is 0 Å². The third-order valence-corrected chi connectivity index (χ3v) is 4.09. The molecule has 1 aromatic carbocycles. The number of ether oxygens (including phenoxy) is 1. The summed E-state index contributed by atoms with van der Waals surface area (Å²) in [5, 5.41) is 3.82. The van der Waals surface area contributed by atoms with Crippen molar-refractivity contribution in [3.05, 3.63) is 53.2 Å². The lowest BCUT2D eigenvalue weighted by molar-refractivity contribution is 0.414. The molecule has 0 saturated carbocycles. The van der Waals surface area contributed by atoms with Crippen molar-refractivity contribution in [2.24, 2.45) is 0 Å². The van der Waals surface area contributed by atoms with Crippen LogP contribution < -0.4 is 10.1 Å². The van der Waals surface area contributed by atoms with Crippen molar-refractivity contribution in [1.82, 2.24) is 14.4 Å². The first-order valence-electron chi connectivity index (χ1n) is 7.98. The lowest BCUT2D eigenvalue weighted by Gasteiger charge is -2.10. The van der Waals surface area contributed by atoms with E-state index in [1.165, 1.54) is 5.56 Å². The molecule has 0 atom stereocenters. The predicted molar refractivity (Wildman–Crippen MR) is 97.3 cm³/mol. The van der Waals surface area contributed by atoms with Crippen LogP contribution in [0.25, 0.3) is 5.52 Å². The highest BCUT2D eigenvalue weighted by Crippen LogP contribution is 2.23. The van der Waals surface area contributed by atoms with Crippen LogP contribution in [0, 0.1) is 0 Å². The van der Waals surface area contributed by atoms with Gasteiger partial charge >= 0.3 is 0 Å². The SMILES string of the molecule is COc1ccc(CCNc2nc(Cl)cn3c(C(C)C)ncc23)cc1. The number of hydrogen-bond donors (Lipinski definition) is 1. The smallest absolute Gasteiger partial charge is 0.153 e. The van der Waals surface area contributed by atoms with Gasteiger partial charge < -0.3 is 10.1 Å². The Morgan fingerprint density at radius 3 is 2.67 bits per heavy atom. The van der Waals surface area contributed by atoms with Gasteiger partial charge in [0.1, 0.15) is 22.2 Å². The standard InChI is InChI=1S/C18H21ClN4O/c1-12(2)18-21-10-15-17(22-16(19)11-23(15)18)20-9-8-13-4-6-14(24-3)7-5-13/h4-7,10-12H,8-9H2,1-3H3,(H,20,22). The number of nitrogens with one attached hydrogen (secondary N) is 1. The molecule has 2 aromatic heterocycles. The van der Waals surface area contributed by atoms with Gasteiger partial charge in [-0.2, -0.15) is 0 Å². The highest BCUT2D eigenvalue weighted by atomic mass is 35.5. The van der Waals surface area contributed by atoms with Crippen molar-refractivity contribution < 1.29 is 4.74 Å². The van der Waals surface area contributed by atoms with Crippen LogP contribution in [0.4, 0.5) is 5.82 Å². The van der Waals surface area contributed by atoms with Gasteiger partial charge in [-0.3, -0.25) is 4.40 Å². The molecule has 0 aliphatic heterocycles. The Kier molecular flexibility index (Phi) is 4.90. The number of rotatable bonds is 6. The van der Waals surface area contributed by atoms with Gasteiger partial charge in [-0.15, -0.1) is 0 Å². The van der Waals surface area contributed by atoms with E-state index in [1.807, 2.05) is 28.9 Å². The van der Waals surface area contributed by atoms with E-state index >= 15 is 0 Å². The van der Waals surface area contributed by atoms with Gasteiger partial charge in [0.05, 0.1) is 13.3 Å². The van der Waals surface area contributed by atoms with Gasteiger partial charge in [-0.1, -0.05) is 37.6 Å². The van der Waals surface area contributed by atoms with Gasteiger partial charge in [0, 0.05) is 18.7 Å². The molecular weight excluding hydrogens is 324 g/mol. The molecule has 6 heteroatoms. The molecule has 0 aliphatic rings. The molecule has 0 radical (unpaired) electrons. The van der Waals surface area contributed by atoms with Gasteiger partial charge in [-0.05, 0) is 24.1 Å². The summed E-state index contributed by atoms with van der Waals surface area (Å²) in [6.07, 6.45) is 4.54. The minimum atomic E-state index is 0.318. The number of aromatic nitrogens is 3. The Balaban J connectivity index is 1.75. The third-order valence-electron chi connectivity index (χ3n) is 3.90. The molecule has 24 heavy (non-hydrogen) atoms. The molecule has 3 rings (SSSR count). The van der Waals surface area contributed by atoms with E-state index in [9.17, 15) is 0 Å². The summed E-state index contributed by atoms with van der Waals surface area (Å²) >= 11 is 6.17. The molecular formula is C18H21ClN4O.